The molecule has 158 valence electrons. The maximum atomic E-state index is 13.3. The van der Waals surface area contributed by atoms with Crippen LogP contribution in [0.1, 0.15) is 26.6 Å². The molecule has 0 atom stereocenters. The first-order valence-corrected chi connectivity index (χ1v) is 10.1. The summed E-state index contributed by atoms with van der Waals surface area (Å²) in [6.45, 7) is 5.75. The summed E-state index contributed by atoms with van der Waals surface area (Å²) in [5.41, 5.74) is -0.907. The molecule has 8 nitrogen and oxygen atoms in total. The molecule has 1 aromatic carbocycles. The van der Waals surface area contributed by atoms with Gasteiger partial charge in [0, 0.05) is 25.2 Å². The fourth-order valence-electron chi connectivity index (χ4n) is 2.77. The Balaban J connectivity index is 2.02. The monoisotopic (exact) mass is 431 g/mol. The average molecular weight is 431 g/mol. The first-order chi connectivity index (χ1) is 14.0. The minimum Gasteiger partial charge on any atom is -0.325 e. The summed E-state index contributed by atoms with van der Waals surface area (Å²) in [6.07, 6.45) is 0. The summed E-state index contributed by atoms with van der Waals surface area (Å²) in [7, 11) is 2.92. The van der Waals surface area contributed by atoms with Crippen LogP contribution >= 0.6 is 11.8 Å². The van der Waals surface area contributed by atoms with Gasteiger partial charge in [0.25, 0.3) is 5.56 Å². The van der Waals surface area contributed by atoms with E-state index in [1.165, 1.54) is 36.9 Å². The zero-order valence-corrected chi connectivity index (χ0v) is 18.1. The highest BCUT2D eigenvalue weighted by atomic mass is 32.2. The Morgan fingerprint density at radius 1 is 1.17 bits per heavy atom. The number of nitrogens with one attached hydrogen (secondary N) is 1. The molecule has 0 bridgehead atoms. The number of hydrogen-bond acceptors (Lipinski definition) is 6. The van der Waals surface area contributed by atoms with Crippen LogP contribution in [0.2, 0.25) is 0 Å². The van der Waals surface area contributed by atoms with Crippen LogP contribution in [0.3, 0.4) is 0 Å². The van der Waals surface area contributed by atoms with Crippen LogP contribution in [0.15, 0.2) is 38.9 Å². The predicted molar refractivity (Wildman–Crippen MR) is 114 cm³/mol. The summed E-state index contributed by atoms with van der Waals surface area (Å²) in [4.78, 5) is 46.4. The molecule has 0 aliphatic carbocycles. The van der Waals surface area contributed by atoms with Crippen LogP contribution in [0, 0.1) is 5.82 Å². The van der Waals surface area contributed by atoms with E-state index in [4.69, 9.17) is 0 Å². The third kappa shape index (κ3) is 4.28. The molecule has 0 unspecified atom stereocenters. The Morgan fingerprint density at radius 3 is 2.50 bits per heavy atom. The third-order valence-corrected chi connectivity index (χ3v) is 5.36. The number of benzene rings is 1. The molecular weight excluding hydrogens is 409 g/mol. The first-order valence-electron chi connectivity index (χ1n) is 9.15. The van der Waals surface area contributed by atoms with Crippen molar-refractivity contribution < 1.29 is 9.18 Å². The zero-order valence-electron chi connectivity index (χ0n) is 17.3. The normalized spacial score (nSPS) is 11.7. The van der Waals surface area contributed by atoms with Crippen LogP contribution in [-0.2, 0) is 24.3 Å². The van der Waals surface area contributed by atoms with Gasteiger partial charge in [0.05, 0.1) is 5.75 Å². The van der Waals surface area contributed by atoms with Gasteiger partial charge in [-0.05, 0) is 18.2 Å². The number of aryl methyl sites for hydroxylation is 1. The van der Waals surface area contributed by atoms with Crippen molar-refractivity contribution in [3.8, 4) is 0 Å². The molecule has 0 spiro atoms. The molecule has 0 saturated heterocycles. The quantitative estimate of drug-likeness (QED) is 0.502. The summed E-state index contributed by atoms with van der Waals surface area (Å²) >= 11 is 1.06. The van der Waals surface area contributed by atoms with E-state index in [2.05, 4.69) is 15.3 Å². The van der Waals surface area contributed by atoms with Gasteiger partial charge in [-0.3, -0.25) is 18.7 Å². The number of nitrogens with zero attached hydrogens (tertiary/aromatic N) is 4. The predicted octanol–water partition coefficient (Wildman–Crippen LogP) is 2.19. The van der Waals surface area contributed by atoms with E-state index in [0.717, 1.165) is 16.3 Å². The van der Waals surface area contributed by atoms with Crippen LogP contribution < -0.4 is 16.6 Å². The Kier molecular flexibility index (Phi) is 5.80. The Bertz CT molecular complexity index is 1260. The van der Waals surface area contributed by atoms with Crippen LogP contribution in [0.4, 0.5) is 10.1 Å². The number of halogens is 1. The van der Waals surface area contributed by atoms with Crippen molar-refractivity contribution >= 4 is 34.4 Å². The standard InChI is InChI=1S/C20H22FN5O3S/c1-20(2,3)18-23-15-14(17(28)26(5)19(29)25(15)4)16(24-18)30-10-13(27)22-12-8-6-7-11(21)9-12/h6-9H,10H2,1-5H3,(H,22,27). The third-order valence-electron chi connectivity index (χ3n) is 4.39. The molecular formula is C20H22FN5O3S. The van der Waals surface area contributed by atoms with E-state index in [1.807, 2.05) is 20.8 Å². The lowest BCUT2D eigenvalue weighted by Crippen LogP contribution is -2.38. The first kappa shape index (κ1) is 21.7. The van der Waals surface area contributed by atoms with Gasteiger partial charge >= 0.3 is 5.69 Å². The van der Waals surface area contributed by atoms with Crippen LogP contribution in [-0.4, -0.2) is 30.8 Å². The smallest absolute Gasteiger partial charge is 0.325 e. The summed E-state index contributed by atoms with van der Waals surface area (Å²) in [5, 5.41) is 3.10. The van der Waals surface area contributed by atoms with Crippen molar-refractivity contribution in [2.75, 3.05) is 11.1 Å². The number of carbonyl (C=O) groups excluding carboxylic acids is 1. The number of carbonyl (C=O) groups is 1. The molecule has 0 fully saturated rings. The number of rotatable bonds is 4. The molecule has 10 heteroatoms. The number of aromatic nitrogens is 4. The minimum absolute atomic E-state index is 0.0573. The van der Waals surface area contributed by atoms with E-state index in [9.17, 15) is 18.8 Å². The largest absolute Gasteiger partial charge is 0.332 e. The lowest BCUT2D eigenvalue weighted by Gasteiger charge is -2.19. The van der Waals surface area contributed by atoms with Crippen molar-refractivity contribution in [1.82, 2.24) is 19.1 Å². The van der Waals surface area contributed by atoms with Crippen LogP contribution in [0.25, 0.3) is 11.0 Å². The Hall–Kier alpha value is -3.01. The second kappa shape index (κ2) is 8.02. The minimum atomic E-state index is -0.526. The molecule has 1 amide bonds. The van der Waals surface area contributed by atoms with E-state index in [0.29, 0.717) is 16.5 Å². The van der Waals surface area contributed by atoms with Crippen LogP contribution in [0.5, 0.6) is 0 Å². The van der Waals surface area contributed by atoms with Crippen molar-refractivity contribution in [2.24, 2.45) is 14.1 Å². The molecule has 30 heavy (non-hydrogen) atoms. The molecule has 0 radical (unpaired) electrons. The van der Waals surface area contributed by atoms with Gasteiger partial charge in [-0.1, -0.05) is 38.6 Å². The fourth-order valence-corrected chi connectivity index (χ4v) is 3.58. The summed E-state index contributed by atoms with van der Waals surface area (Å²) in [5.74, 6) is -0.442. The topological polar surface area (TPSA) is 98.9 Å². The van der Waals surface area contributed by atoms with Gasteiger partial charge in [0.1, 0.15) is 22.1 Å². The van der Waals surface area contributed by atoms with Crippen molar-refractivity contribution in [1.29, 1.82) is 0 Å². The molecule has 1 N–H and O–H groups in total. The average Bonchev–Trinajstić information content (AvgIpc) is 2.67. The number of hydrogen-bond donors (Lipinski definition) is 1. The number of amides is 1. The Labute approximate surface area is 176 Å². The van der Waals surface area contributed by atoms with Gasteiger partial charge in [-0.2, -0.15) is 0 Å². The molecule has 2 aromatic heterocycles. The molecule has 0 aliphatic heterocycles. The van der Waals surface area contributed by atoms with Crippen molar-refractivity contribution in [3.05, 3.63) is 56.7 Å². The molecule has 3 rings (SSSR count). The van der Waals surface area contributed by atoms with E-state index in [1.54, 1.807) is 6.07 Å². The van der Waals surface area contributed by atoms with E-state index >= 15 is 0 Å². The summed E-state index contributed by atoms with van der Waals surface area (Å²) in [6, 6.07) is 5.57. The summed E-state index contributed by atoms with van der Waals surface area (Å²) < 4.78 is 15.6. The van der Waals surface area contributed by atoms with Gasteiger partial charge in [-0.25, -0.2) is 19.2 Å². The SMILES string of the molecule is Cn1c(=O)c2c(SCC(=O)Nc3cccc(F)c3)nc(C(C)(C)C)nc2n(C)c1=O. The van der Waals surface area contributed by atoms with Crippen molar-refractivity contribution in [2.45, 2.75) is 31.2 Å². The lowest BCUT2D eigenvalue weighted by atomic mass is 9.96. The highest BCUT2D eigenvalue weighted by Crippen LogP contribution is 2.27. The Morgan fingerprint density at radius 2 is 1.87 bits per heavy atom. The second-order valence-corrected chi connectivity index (χ2v) is 8.82. The highest BCUT2D eigenvalue weighted by Gasteiger charge is 2.24. The number of anilines is 1. The lowest BCUT2D eigenvalue weighted by molar-refractivity contribution is -0.113. The second-order valence-electron chi connectivity index (χ2n) is 7.85. The number of thioether (sulfide) groups is 1. The van der Waals surface area contributed by atoms with E-state index in [-0.39, 0.29) is 22.7 Å². The fraction of sp³-hybridized carbons (Fsp3) is 0.350. The molecule has 0 saturated carbocycles. The zero-order chi connectivity index (χ0) is 22.2. The van der Waals surface area contributed by atoms with Gasteiger partial charge < -0.3 is 5.32 Å². The highest BCUT2D eigenvalue weighted by molar-refractivity contribution is 8.00. The van der Waals surface area contributed by atoms with Gasteiger partial charge in [-0.15, -0.1) is 0 Å². The maximum Gasteiger partial charge on any atom is 0.332 e. The molecule has 2 heterocycles. The maximum absolute atomic E-state index is 13.3. The molecule has 0 aliphatic rings. The number of fused-ring (bicyclic) bond motifs is 1. The van der Waals surface area contributed by atoms with E-state index < -0.39 is 22.5 Å². The van der Waals surface area contributed by atoms with Crippen molar-refractivity contribution in [3.63, 3.8) is 0 Å². The van der Waals surface area contributed by atoms with Gasteiger partial charge in [0.15, 0.2) is 5.65 Å². The molecule has 3 aromatic rings. The van der Waals surface area contributed by atoms with Gasteiger partial charge in [0.2, 0.25) is 5.91 Å².